The zero-order chi connectivity index (χ0) is 11.9. The summed E-state index contributed by atoms with van der Waals surface area (Å²) >= 11 is 1.95. The minimum atomic E-state index is 0.868. The van der Waals surface area contributed by atoms with Crippen molar-refractivity contribution in [3.8, 4) is 0 Å². The van der Waals surface area contributed by atoms with Crippen LogP contribution in [0.5, 0.6) is 0 Å². The van der Waals surface area contributed by atoms with Crippen molar-refractivity contribution in [1.82, 2.24) is 5.32 Å². The van der Waals surface area contributed by atoms with E-state index in [1.807, 2.05) is 11.8 Å². The second-order valence-electron chi connectivity index (χ2n) is 4.12. The summed E-state index contributed by atoms with van der Waals surface area (Å²) in [5, 5.41) is 3.42. The lowest BCUT2D eigenvalue weighted by Crippen LogP contribution is -2.21. The Balaban J connectivity index is 2.83. The minimum Gasteiger partial charge on any atom is -0.380 e. The molecule has 0 heterocycles. The first-order valence-electron chi connectivity index (χ1n) is 6.69. The predicted octanol–water partition coefficient (Wildman–Crippen LogP) is 3.32. The summed E-state index contributed by atoms with van der Waals surface area (Å²) < 4.78 is 5.47. The molecule has 0 fully saturated rings. The Hall–Kier alpha value is 0.270. The molecule has 0 rings (SSSR count). The normalized spacial score (nSPS) is 10.9. The molecule has 0 aromatic rings. The Morgan fingerprint density at radius 1 is 0.938 bits per heavy atom. The Morgan fingerprint density at radius 2 is 1.75 bits per heavy atom. The van der Waals surface area contributed by atoms with E-state index in [2.05, 4.69) is 18.5 Å². The maximum absolute atomic E-state index is 5.47. The number of unbranched alkanes of at least 4 members (excludes halogenated alkanes) is 4. The van der Waals surface area contributed by atoms with Crippen LogP contribution in [-0.4, -0.2) is 38.3 Å². The zero-order valence-electron chi connectivity index (χ0n) is 11.1. The summed E-state index contributed by atoms with van der Waals surface area (Å²) in [4.78, 5) is 0. The lowest BCUT2D eigenvalue weighted by molar-refractivity contribution is 0.133. The Morgan fingerprint density at radius 3 is 2.50 bits per heavy atom. The molecule has 98 valence electrons. The van der Waals surface area contributed by atoms with Crippen molar-refractivity contribution in [2.75, 3.05) is 38.3 Å². The van der Waals surface area contributed by atoms with Crippen LogP contribution in [0.4, 0.5) is 0 Å². The molecule has 0 radical (unpaired) electrons. The van der Waals surface area contributed by atoms with Gasteiger partial charge in [-0.1, -0.05) is 26.2 Å². The molecule has 0 aliphatic rings. The van der Waals surface area contributed by atoms with Crippen LogP contribution in [0, 0.1) is 0 Å². The van der Waals surface area contributed by atoms with Gasteiger partial charge in [0.05, 0.1) is 6.61 Å². The molecule has 0 atom stereocenters. The molecule has 0 amide bonds. The number of thioether (sulfide) groups is 1. The quantitative estimate of drug-likeness (QED) is 0.505. The van der Waals surface area contributed by atoms with Gasteiger partial charge in [-0.2, -0.15) is 11.8 Å². The van der Waals surface area contributed by atoms with Crippen LogP contribution >= 0.6 is 11.8 Å². The third-order valence-corrected chi connectivity index (χ3v) is 3.21. The van der Waals surface area contributed by atoms with E-state index in [9.17, 15) is 0 Å². The summed E-state index contributed by atoms with van der Waals surface area (Å²) in [6, 6.07) is 0. The Bertz CT molecular complexity index is 109. The van der Waals surface area contributed by atoms with Gasteiger partial charge in [-0.15, -0.1) is 0 Å². The number of rotatable bonds is 13. The molecule has 0 aromatic carbocycles. The second kappa shape index (κ2) is 15.3. The lowest BCUT2D eigenvalue weighted by Gasteiger charge is -2.05. The number of nitrogens with one attached hydrogen (secondary N) is 1. The van der Waals surface area contributed by atoms with E-state index in [4.69, 9.17) is 4.74 Å². The highest BCUT2D eigenvalue weighted by atomic mass is 32.2. The van der Waals surface area contributed by atoms with Crippen LogP contribution in [0.25, 0.3) is 0 Å². The van der Waals surface area contributed by atoms with Crippen molar-refractivity contribution in [2.24, 2.45) is 0 Å². The maximum Gasteiger partial charge on any atom is 0.0590 e. The molecule has 0 aromatic heterocycles. The van der Waals surface area contributed by atoms with Gasteiger partial charge < -0.3 is 10.1 Å². The molecule has 0 aliphatic heterocycles. The Kier molecular flexibility index (Phi) is 15.5. The minimum absolute atomic E-state index is 0.868. The summed E-state index contributed by atoms with van der Waals surface area (Å²) in [6.07, 6.45) is 10.0. The molecular formula is C13H29NOS. The molecule has 0 aliphatic carbocycles. The third kappa shape index (κ3) is 14.3. The maximum atomic E-state index is 5.47. The van der Waals surface area contributed by atoms with Gasteiger partial charge in [0.25, 0.3) is 0 Å². The first-order chi connectivity index (χ1) is 7.91. The van der Waals surface area contributed by atoms with E-state index in [0.717, 1.165) is 26.3 Å². The highest BCUT2D eigenvalue weighted by molar-refractivity contribution is 7.98. The van der Waals surface area contributed by atoms with E-state index in [0.29, 0.717) is 0 Å². The molecule has 0 unspecified atom stereocenters. The fraction of sp³-hybridized carbons (Fsp3) is 1.00. The number of hydrogen-bond donors (Lipinski definition) is 1. The van der Waals surface area contributed by atoms with Gasteiger partial charge in [0.15, 0.2) is 0 Å². The molecule has 0 spiro atoms. The van der Waals surface area contributed by atoms with Crippen molar-refractivity contribution >= 4 is 11.8 Å². The smallest absolute Gasteiger partial charge is 0.0590 e. The summed E-state index contributed by atoms with van der Waals surface area (Å²) in [5.41, 5.74) is 0. The van der Waals surface area contributed by atoms with Gasteiger partial charge in [-0.05, 0) is 37.8 Å². The summed E-state index contributed by atoms with van der Waals surface area (Å²) in [6.45, 7) is 6.14. The van der Waals surface area contributed by atoms with Gasteiger partial charge in [-0.25, -0.2) is 0 Å². The molecule has 3 heteroatoms. The highest BCUT2D eigenvalue weighted by Crippen LogP contribution is 2.03. The predicted molar refractivity (Wildman–Crippen MR) is 75.4 cm³/mol. The average Bonchev–Trinajstić information content (AvgIpc) is 2.31. The van der Waals surface area contributed by atoms with E-state index in [1.54, 1.807) is 0 Å². The second-order valence-corrected chi connectivity index (χ2v) is 5.11. The topological polar surface area (TPSA) is 21.3 Å². The molecule has 1 N–H and O–H groups in total. The van der Waals surface area contributed by atoms with Crippen molar-refractivity contribution < 1.29 is 4.74 Å². The van der Waals surface area contributed by atoms with Gasteiger partial charge in [0.2, 0.25) is 0 Å². The SMILES string of the molecule is CCCCOCCNCCCCCCSC. The highest BCUT2D eigenvalue weighted by Gasteiger charge is 1.91. The van der Waals surface area contributed by atoms with Crippen molar-refractivity contribution in [2.45, 2.75) is 45.4 Å². The van der Waals surface area contributed by atoms with Crippen molar-refractivity contribution in [3.63, 3.8) is 0 Å². The fourth-order valence-electron chi connectivity index (χ4n) is 1.47. The van der Waals surface area contributed by atoms with Crippen LogP contribution < -0.4 is 5.32 Å². The average molecular weight is 247 g/mol. The van der Waals surface area contributed by atoms with Crippen LogP contribution in [-0.2, 0) is 4.74 Å². The largest absolute Gasteiger partial charge is 0.380 e. The fourth-order valence-corrected chi connectivity index (χ4v) is 1.96. The van der Waals surface area contributed by atoms with Gasteiger partial charge in [-0.3, -0.25) is 0 Å². The van der Waals surface area contributed by atoms with Crippen LogP contribution in [0.15, 0.2) is 0 Å². The summed E-state index contributed by atoms with van der Waals surface area (Å²) in [7, 11) is 0. The van der Waals surface area contributed by atoms with E-state index in [1.165, 1.54) is 44.3 Å². The monoisotopic (exact) mass is 247 g/mol. The first-order valence-corrected chi connectivity index (χ1v) is 8.08. The standard InChI is InChI=1S/C13H29NOS/c1-3-4-11-15-12-10-14-9-7-5-6-8-13-16-2/h14H,3-13H2,1-2H3. The number of ether oxygens (including phenoxy) is 1. The first kappa shape index (κ1) is 16.3. The van der Waals surface area contributed by atoms with E-state index < -0.39 is 0 Å². The van der Waals surface area contributed by atoms with Crippen LogP contribution in [0.3, 0.4) is 0 Å². The van der Waals surface area contributed by atoms with E-state index in [-0.39, 0.29) is 0 Å². The molecule has 0 saturated heterocycles. The molecular weight excluding hydrogens is 218 g/mol. The van der Waals surface area contributed by atoms with Gasteiger partial charge in [0.1, 0.15) is 0 Å². The summed E-state index contributed by atoms with van der Waals surface area (Å²) in [5.74, 6) is 1.32. The molecule has 0 bridgehead atoms. The van der Waals surface area contributed by atoms with E-state index >= 15 is 0 Å². The van der Waals surface area contributed by atoms with Crippen LogP contribution in [0.1, 0.15) is 45.4 Å². The lowest BCUT2D eigenvalue weighted by atomic mass is 10.2. The van der Waals surface area contributed by atoms with Gasteiger partial charge >= 0.3 is 0 Å². The number of hydrogen-bond acceptors (Lipinski definition) is 3. The van der Waals surface area contributed by atoms with Crippen molar-refractivity contribution in [3.05, 3.63) is 0 Å². The molecule has 2 nitrogen and oxygen atoms in total. The molecule has 0 saturated carbocycles. The molecule has 16 heavy (non-hydrogen) atoms. The van der Waals surface area contributed by atoms with Crippen LogP contribution in [0.2, 0.25) is 0 Å². The zero-order valence-corrected chi connectivity index (χ0v) is 11.9. The van der Waals surface area contributed by atoms with Gasteiger partial charge in [0, 0.05) is 13.2 Å². The van der Waals surface area contributed by atoms with Crippen molar-refractivity contribution in [1.29, 1.82) is 0 Å². The third-order valence-electron chi connectivity index (χ3n) is 2.52. The Labute approximate surface area is 106 Å².